The van der Waals surface area contributed by atoms with Crippen LogP contribution in [-0.4, -0.2) is 49.4 Å². The highest BCUT2D eigenvalue weighted by atomic mass is 32.2. The van der Waals surface area contributed by atoms with E-state index in [1.54, 1.807) is 22.6 Å². The van der Waals surface area contributed by atoms with Gasteiger partial charge in [0.1, 0.15) is 5.82 Å². The van der Waals surface area contributed by atoms with Gasteiger partial charge in [-0.3, -0.25) is 14.9 Å². The molecule has 11 heteroatoms. The summed E-state index contributed by atoms with van der Waals surface area (Å²) in [4.78, 5) is 31.7. The Kier molecular flexibility index (Phi) is 7.17. The first kappa shape index (κ1) is 21.5. The van der Waals surface area contributed by atoms with Crippen molar-refractivity contribution in [2.75, 3.05) is 24.2 Å². The van der Waals surface area contributed by atoms with Crippen molar-refractivity contribution < 1.29 is 9.72 Å². The molecule has 158 valence electrons. The third-order valence-electron chi connectivity index (χ3n) is 4.24. The van der Waals surface area contributed by atoms with Gasteiger partial charge in [-0.25, -0.2) is 14.6 Å². The maximum absolute atomic E-state index is 12.3. The minimum atomic E-state index is -0.499. The van der Waals surface area contributed by atoms with Crippen LogP contribution in [0.25, 0.3) is 11.0 Å². The molecule has 3 aromatic rings. The molecule has 0 saturated carbocycles. The monoisotopic (exact) mass is 429 g/mol. The second-order valence-corrected chi connectivity index (χ2v) is 7.61. The van der Waals surface area contributed by atoms with Crippen molar-refractivity contribution >= 4 is 40.2 Å². The molecule has 2 N–H and O–H groups in total. The first-order chi connectivity index (χ1) is 14.5. The molecule has 1 aromatic carbocycles. The normalized spacial score (nSPS) is 10.9. The van der Waals surface area contributed by atoms with Crippen molar-refractivity contribution in [2.45, 2.75) is 32.0 Å². The van der Waals surface area contributed by atoms with Crippen LogP contribution in [0, 0.1) is 10.1 Å². The highest BCUT2D eigenvalue weighted by molar-refractivity contribution is 7.99. The summed E-state index contributed by atoms with van der Waals surface area (Å²) in [6.07, 6.45) is 2.70. The Morgan fingerprint density at radius 1 is 1.20 bits per heavy atom. The molecule has 2 heterocycles. The van der Waals surface area contributed by atoms with Crippen molar-refractivity contribution in [1.29, 1.82) is 0 Å². The average molecular weight is 430 g/mol. The fraction of sp³-hybridized carbons (Fsp3) is 0.368. The predicted molar refractivity (Wildman–Crippen MR) is 116 cm³/mol. The standard InChI is InChI=1S/C19H23N7O3S/c1-3-9-20-16-15-12-22-25(17(15)24-19(23-16)30-4-2)11-10-21-18(27)13-5-7-14(8-6-13)26(28)29/h5-8,12H,3-4,9-11H2,1-2H3,(H,21,27)(H,20,23,24). The van der Waals surface area contributed by atoms with E-state index in [0.29, 0.717) is 29.5 Å². The molecule has 3 rings (SSSR count). The lowest BCUT2D eigenvalue weighted by molar-refractivity contribution is -0.384. The Morgan fingerprint density at radius 3 is 2.63 bits per heavy atom. The van der Waals surface area contributed by atoms with E-state index in [-0.39, 0.29) is 11.6 Å². The van der Waals surface area contributed by atoms with Gasteiger partial charge in [0.2, 0.25) is 0 Å². The minimum Gasteiger partial charge on any atom is -0.369 e. The molecule has 0 bridgehead atoms. The highest BCUT2D eigenvalue weighted by Crippen LogP contribution is 2.24. The summed E-state index contributed by atoms with van der Waals surface area (Å²) in [6.45, 7) is 5.71. The number of nitro benzene ring substituents is 1. The lowest BCUT2D eigenvalue weighted by Crippen LogP contribution is -2.27. The number of carbonyl (C=O) groups excluding carboxylic acids is 1. The van der Waals surface area contributed by atoms with Crippen molar-refractivity contribution in [3.63, 3.8) is 0 Å². The van der Waals surface area contributed by atoms with E-state index in [1.807, 2.05) is 6.92 Å². The number of rotatable bonds is 10. The van der Waals surface area contributed by atoms with Gasteiger partial charge < -0.3 is 10.6 Å². The van der Waals surface area contributed by atoms with Crippen LogP contribution in [0.5, 0.6) is 0 Å². The Balaban J connectivity index is 1.70. The molecule has 0 radical (unpaired) electrons. The smallest absolute Gasteiger partial charge is 0.269 e. The number of nitro groups is 1. The Morgan fingerprint density at radius 2 is 1.97 bits per heavy atom. The molecule has 1 amide bonds. The molecule has 0 unspecified atom stereocenters. The van der Waals surface area contributed by atoms with E-state index < -0.39 is 4.92 Å². The van der Waals surface area contributed by atoms with Gasteiger partial charge in [-0.1, -0.05) is 25.6 Å². The van der Waals surface area contributed by atoms with Crippen molar-refractivity contribution in [2.24, 2.45) is 0 Å². The fourth-order valence-corrected chi connectivity index (χ4v) is 3.35. The van der Waals surface area contributed by atoms with Crippen LogP contribution in [-0.2, 0) is 6.54 Å². The molecule has 0 saturated heterocycles. The van der Waals surface area contributed by atoms with Crippen LogP contribution in [0.15, 0.2) is 35.6 Å². The SMILES string of the molecule is CCCNc1nc(SCC)nc2c1cnn2CCNC(=O)c1ccc([N+](=O)[O-])cc1. The van der Waals surface area contributed by atoms with Gasteiger partial charge in [0.25, 0.3) is 11.6 Å². The van der Waals surface area contributed by atoms with Gasteiger partial charge in [-0.15, -0.1) is 0 Å². The third kappa shape index (κ3) is 5.03. The fourth-order valence-electron chi connectivity index (χ4n) is 2.78. The van der Waals surface area contributed by atoms with Crippen molar-refractivity contribution in [3.8, 4) is 0 Å². The minimum absolute atomic E-state index is 0.0533. The zero-order chi connectivity index (χ0) is 21.5. The molecular formula is C19H23N7O3S. The van der Waals surface area contributed by atoms with Crippen LogP contribution < -0.4 is 10.6 Å². The van der Waals surface area contributed by atoms with Gasteiger partial charge in [0, 0.05) is 30.8 Å². The van der Waals surface area contributed by atoms with Gasteiger partial charge >= 0.3 is 0 Å². The molecule has 0 spiro atoms. The molecule has 30 heavy (non-hydrogen) atoms. The zero-order valence-electron chi connectivity index (χ0n) is 16.8. The van der Waals surface area contributed by atoms with E-state index in [4.69, 9.17) is 0 Å². The van der Waals surface area contributed by atoms with E-state index >= 15 is 0 Å². The van der Waals surface area contributed by atoms with E-state index in [0.717, 1.165) is 29.9 Å². The lowest BCUT2D eigenvalue weighted by Gasteiger charge is -2.09. The number of aromatic nitrogens is 4. The summed E-state index contributed by atoms with van der Waals surface area (Å²) in [6, 6.07) is 5.49. The number of benzene rings is 1. The van der Waals surface area contributed by atoms with E-state index in [1.165, 1.54) is 24.3 Å². The first-order valence-corrected chi connectivity index (χ1v) is 10.6. The molecule has 0 aliphatic heterocycles. The Labute approximate surface area is 177 Å². The number of nitrogens with zero attached hydrogens (tertiary/aromatic N) is 5. The molecule has 0 fully saturated rings. The number of carbonyl (C=O) groups is 1. The van der Waals surface area contributed by atoms with Crippen LogP contribution >= 0.6 is 11.8 Å². The van der Waals surface area contributed by atoms with Gasteiger partial charge in [0.15, 0.2) is 10.8 Å². The first-order valence-electron chi connectivity index (χ1n) is 9.66. The number of anilines is 1. The molecule has 0 aliphatic rings. The Bertz CT molecular complexity index is 1040. The van der Waals surface area contributed by atoms with Crippen molar-refractivity contribution in [1.82, 2.24) is 25.1 Å². The number of amides is 1. The Hall–Kier alpha value is -3.21. The van der Waals surface area contributed by atoms with Crippen LogP contribution in [0.4, 0.5) is 11.5 Å². The quantitative estimate of drug-likeness (QED) is 0.218. The van der Waals surface area contributed by atoms with Gasteiger partial charge in [-0.05, 0) is 24.3 Å². The maximum Gasteiger partial charge on any atom is 0.269 e. The molecule has 10 nitrogen and oxygen atoms in total. The second-order valence-electron chi connectivity index (χ2n) is 6.38. The number of hydrogen-bond acceptors (Lipinski definition) is 8. The summed E-state index contributed by atoms with van der Waals surface area (Å²) in [5.41, 5.74) is 1.02. The highest BCUT2D eigenvalue weighted by Gasteiger charge is 2.14. The summed E-state index contributed by atoms with van der Waals surface area (Å²) in [5, 5.41) is 22.8. The van der Waals surface area contributed by atoms with Crippen LogP contribution in [0.1, 0.15) is 30.6 Å². The molecule has 0 aliphatic carbocycles. The topological polar surface area (TPSA) is 128 Å². The van der Waals surface area contributed by atoms with E-state index in [9.17, 15) is 14.9 Å². The summed E-state index contributed by atoms with van der Waals surface area (Å²) in [5.74, 6) is 1.32. The summed E-state index contributed by atoms with van der Waals surface area (Å²) < 4.78 is 1.74. The molecule has 0 atom stereocenters. The number of nitrogens with one attached hydrogen (secondary N) is 2. The lowest BCUT2D eigenvalue weighted by atomic mass is 10.2. The van der Waals surface area contributed by atoms with Crippen molar-refractivity contribution in [3.05, 3.63) is 46.1 Å². The largest absolute Gasteiger partial charge is 0.369 e. The summed E-state index contributed by atoms with van der Waals surface area (Å²) >= 11 is 1.56. The van der Waals surface area contributed by atoms with E-state index in [2.05, 4.69) is 32.6 Å². The third-order valence-corrected chi connectivity index (χ3v) is 4.97. The molecule has 2 aromatic heterocycles. The zero-order valence-corrected chi connectivity index (χ0v) is 17.6. The summed E-state index contributed by atoms with van der Waals surface area (Å²) in [7, 11) is 0. The number of fused-ring (bicyclic) bond motifs is 1. The van der Waals surface area contributed by atoms with Gasteiger partial charge in [-0.2, -0.15) is 5.10 Å². The number of hydrogen-bond donors (Lipinski definition) is 2. The van der Waals surface area contributed by atoms with Crippen LogP contribution in [0.2, 0.25) is 0 Å². The predicted octanol–water partition coefficient (Wildman–Crippen LogP) is 3.10. The average Bonchev–Trinajstić information content (AvgIpc) is 3.15. The maximum atomic E-state index is 12.3. The number of non-ortho nitro benzene ring substituents is 1. The number of thioether (sulfide) groups is 1. The second kappa shape index (κ2) is 10.0. The van der Waals surface area contributed by atoms with Gasteiger partial charge in [0.05, 0.1) is 23.1 Å². The van der Waals surface area contributed by atoms with Crippen LogP contribution in [0.3, 0.4) is 0 Å². The molecular weight excluding hydrogens is 406 g/mol.